The van der Waals surface area contributed by atoms with Crippen molar-refractivity contribution in [2.45, 2.75) is 19.3 Å². The number of pyridine rings is 1. The Morgan fingerprint density at radius 3 is 2.73 bits per heavy atom. The van der Waals surface area contributed by atoms with Crippen LogP contribution in [0.2, 0.25) is 0 Å². The van der Waals surface area contributed by atoms with Crippen molar-refractivity contribution in [1.82, 2.24) is 4.98 Å². The van der Waals surface area contributed by atoms with Gasteiger partial charge in [-0.2, -0.15) is 0 Å². The molecule has 7 nitrogen and oxygen atoms in total. The molecular formula is C26H29N3O4. The highest BCUT2D eigenvalue weighted by molar-refractivity contribution is 5.95. The quantitative estimate of drug-likeness (QED) is 0.487. The molecule has 0 spiro atoms. The SMILES string of the molecule is CCOc1ccc(N(C)c2ccc3c(c2)OCC[C@H]3CNc2cnccc2C(=O)OC)cc1. The Kier molecular flexibility index (Phi) is 6.98. The number of benzene rings is 2. The van der Waals surface area contributed by atoms with Crippen LogP contribution >= 0.6 is 0 Å². The van der Waals surface area contributed by atoms with Crippen molar-refractivity contribution in [3.05, 3.63) is 72.1 Å². The topological polar surface area (TPSA) is 72.9 Å². The van der Waals surface area contributed by atoms with E-state index in [0.717, 1.165) is 34.9 Å². The van der Waals surface area contributed by atoms with E-state index in [4.69, 9.17) is 14.2 Å². The summed E-state index contributed by atoms with van der Waals surface area (Å²) in [6, 6.07) is 16.0. The second-order valence-electron chi connectivity index (χ2n) is 7.84. The number of methoxy groups -OCH3 is 1. The molecule has 2 aromatic carbocycles. The number of fused-ring (bicyclic) bond motifs is 1. The molecule has 172 valence electrons. The Bertz CT molecular complexity index is 1100. The van der Waals surface area contributed by atoms with Crippen LogP contribution in [0.15, 0.2) is 60.9 Å². The number of carbonyl (C=O) groups is 1. The highest BCUT2D eigenvalue weighted by Gasteiger charge is 2.23. The molecule has 1 N–H and O–H groups in total. The average molecular weight is 448 g/mol. The van der Waals surface area contributed by atoms with Crippen molar-refractivity contribution in [1.29, 1.82) is 0 Å². The third kappa shape index (κ3) is 5.03. The molecule has 0 amide bonds. The number of nitrogens with zero attached hydrogens (tertiary/aromatic N) is 2. The minimum atomic E-state index is -0.380. The number of ether oxygens (including phenoxy) is 3. The normalized spacial score (nSPS) is 14.6. The lowest BCUT2D eigenvalue weighted by Crippen LogP contribution is -2.22. The lowest BCUT2D eigenvalue weighted by Gasteiger charge is -2.28. The molecule has 0 radical (unpaired) electrons. The molecule has 7 heteroatoms. The van der Waals surface area contributed by atoms with E-state index in [1.54, 1.807) is 18.5 Å². The first-order valence-electron chi connectivity index (χ1n) is 11.1. The summed E-state index contributed by atoms with van der Waals surface area (Å²) < 4.78 is 16.4. The summed E-state index contributed by atoms with van der Waals surface area (Å²) in [7, 11) is 3.42. The summed E-state index contributed by atoms with van der Waals surface area (Å²) in [6.07, 6.45) is 4.13. The van der Waals surface area contributed by atoms with E-state index in [9.17, 15) is 4.79 Å². The first-order chi connectivity index (χ1) is 16.1. The van der Waals surface area contributed by atoms with Crippen LogP contribution in [0.5, 0.6) is 11.5 Å². The first kappa shape index (κ1) is 22.5. The maximum atomic E-state index is 12.0. The number of esters is 1. The van der Waals surface area contributed by atoms with Crippen molar-refractivity contribution >= 4 is 23.0 Å². The lowest BCUT2D eigenvalue weighted by atomic mass is 9.92. The number of aromatic nitrogens is 1. The zero-order chi connectivity index (χ0) is 23.2. The van der Waals surface area contributed by atoms with E-state index in [1.165, 1.54) is 7.11 Å². The summed E-state index contributed by atoms with van der Waals surface area (Å²) in [4.78, 5) is 18.3. The fraction of sp³-hybridized carbons (Fsp3) is 0.308. The maximum Gasteiger partial charge on any atom is 0.340 e. The molecule has 1 aromatic heterocycles. The molecule has 33 heavy (non-hydrogen) atoms. The second-order valence-corrected chi connectivity index (χ2v) is 7.84. The van der Waals surface area contributed by atoms with Gasteiger partial charge >= 0.3 is 5.97 Å². The lowest BCUT2D eigenvalue weighted by molar-refractivity contribution is 0.0601. The molecule has 1 aliphatic rings. The number of hydrogen-bond acceptors (Lipinski definition) is 7. The summed E-state index contributed by atoms with van der Waals surface area (Å²) in [6.45, 7) is 3.94. The van der Waals surface area contributed by atoms with Gasteiger partial charge in [-0.3, -0.25) is 4.98 Å². The Balaban J connectivity index is 1.49. The van der Waals surface area contributed by atoms with E-state index in [0.29, 0.717) is 31.0 Å². The van der Waals surface area contributed by atoms with Crippen molar-refractivity contribution in [3.8, 4) is 11.5 Å². The third-order valence-corrected chi connectivity index (χ3v) is 5.85. The Labute approximate surface area is 194 Å². The van der Waals surface area contributed by atoms with Gasteiger partial charge in [0.2, 0.25) is 0 Å². The Hall–Kier alpha value is -3.74. The van der Waals surface area contributed by atoms with Gasteiger partial charge in [0.25, 0.3) is 0 Å². The number of hydrogen-bond donors (Lipinski definition) is 1. The van der Waals surface area contributed by atoms with Gasteiger partial charge in [-0.25, -0.2) is 4.79 Å². The van der Waals surface area contributed by atoms with Crippen LogP contribution in [0, 0.1) is 0 Å². The van der Waals surface area contributed by atoms with Crippen molar-refractivity contribution in [2.24, 2.45) is 0 Å². The van der Waals surface area contributed by atoms with E-state index in [-0.39, 0.29) is 11.9 Å². The summed E-state index contributed by atoms with van der Waals surface area (Å²) in [5, 5.41) is 3.38. The zero-order valence-corrected chi connectivity index (χ0v) is 19.2. The standard InChI is InChI=1S/C26H29N3O4/c1-4-32-21-8-5-19(6-9-21)29(2)20-7-10-22-18(12-14-33-25(22)15-20)16-28-24-17-27-13-11-23(24)26(30)31-3/h5-11,13,15,17-18,28H,4,12,14,16H2,1-3H3/t18-/m0/s1. The monoisotopic (exact) mass is 447 g/mol. The highest BCUT2D eigenvalue weighted by atomic mass is 16.5. The van der Waals surface area contributed by atoms with Crippen LogP contribution in [0.25, 0.3) is 0 Å². The minimum Gasteiger partial charge on any atom is -0.494 e. The first-order valence-corrected chi connectivity index (χ1v) is 11.1. The largest absolute Gasteiger partial charge is 0.494 e. The van der Waals surface area contributed by atoms with Gasteiger partial charge in [0.05, 0.1) is 37.8 Å². The molecule has 1 atom stereocenters. The van der Waals surface area contributed by atoms with Crippen LogP contribution in [-0.2, 0) is 4.74 Å². The molecule has 0 saturated heterocycles. The van der Waals surface area contributed by atoms with Crippen LogP contribution < -0.4 is 19.7 Å². The van der Waals surface area contributed by atoms with Crippen LogP contribution in [0.1, 0.15) is 35.2 Å². The smallest absolute Gasteiger partial charge is 0.340 e. The van der Waals surface area contributed by atoms with Crippen LogP contribution in [0.3, 0.4) is 0 Å². The third-order valence-electron chi connectivity index (χ3n) is 5.85. The highest BCUT2D eigenvalue weighted by Crippen LogP contribution is 2.38. The van der Waals surface area contributed by atoms with Crippen molar-refractivity contribution in [2.75, 3.05) is 44.1 Å². The van der Waals surface area contributed by atoms with E-state index >= 15 is 0 Å². The molecule has 0 bridgehead atoms. The molecule has 1 aliphatic heterocycles. The molecule has 4 rings (SSSR count). The van der Waals surface area contributed by atoms with Gasteiger partial charge in [0.15, 0.2) is 0 Å². The fourth-order valence-electron chi connectivity index (χ4n) is 4.01. The molecule has 0 unspecified atom stereocenters. The van der Waals surface area contributed by atoms with Crippen molar-refractivity contribution in [3.63, 3.8) is 0 Å². The van der Waals surface area contributed by atoms with E-state index in [1.807, 2.05) is 38.2 Å². The Morgan fingerprint density at radius 1 is 1.18 bits per heavy atom. The van der Waals surface area contributed by atoms with Gasteiger partial charge in [-0.1, -0.05) is 6.07 Å². The average Bonchev–Trinajstić information content (AvgIpc) is 2.87. The fourth-order valence-corrected chi connectivity index (χ4v) is 4.01. The van der Waals surface area contributed by atoms with Gasteiger partial charge in [0.1, 0.15) is 11.5 Å². The number of anilines is 3. The van der Waals surface area contributed by atoms with Gasteiger partial charge in [-0.15, -0.1) is 0 Å². The summed E-state index contributed by atoms with van der Waals surface area (Å²) in [5.74, 6) is 1.63. The van der Waals surface area contributed by atoms with Gasteiger partial charge < -0.3 is 24.4 Å². The zero-order valence-electron chi connectivity index (χ0n) is 19.2. The molecule has 3 aromatic rings. The summed E-state index contributed by atoms with van der Waals surface area (Å²) >= 11 is 0. The predicted octanol–water partition coefficient (Wildman–Crippen LogP) is 5.01. The van der Waals surface area contributed by atoms with Crippen LogP contribution in [-0.4, -0.2) is 44.9 Å². The molecular weight excluding hydrogens is 418 g/mol. The predicted molar refractivity (Wildman–Crippen MR) is 129 cm³/mol. The van der Waals surface area contributed by atoms with Gasteiger partial charge in [0, 0.05) is 43.1 Å². The minimum absolute atomic E-state index is 0.254. The molecule has 0 fully saturated rings. The van der Waals surface area contributed by atoms with E-state index < -0.39 is 0 Å². The van der Waals surface area contributed by atoms with E-state index in [2.05, 4.69) is 33.4 Å². The van der Waals surface area contributed by atoms with Crippen LogP contribution in [0.4, 0.5) is 17.1 Å². The summed E-state index contributed by atoms with van der Waals surface area (Å²) in [5.41, 5.74) is 4.42. The maximum absolute atomic E-state index is 12.0. The van der Waals surface area contributed by atoms with Gasteiger partial charge in [-0.05, 0) is 55.3 Å². The molecule has 2 heterocycles. The Morgan fingerprint density at radius 2 is 1.97 bits per heavy atom. The number of rotatable bonds is 8. The molecule has 0 aliphatic carbocycles. The number of carbonyl (C=O) groups excluding carboxylic acids is 1. The number of nitrogens with one attached hydrogen (secondary N) is 1. The van der Waals surface area contributed by atoms with Crippen molar-refractivity contribution < 1.29 is 19.0 Å². The second kappa shape index (κ2) is 10.3. The molecule has 0 saturated carbocycles.